The van der Waals surface area contributed by atoms with Crippen LogP contribution in [0.25, 0.3) is 0 Å². The Labute approximate surface area is 84.0 Å². The monoisotopic (exact) mass is 199 g/mol. The van der Waals surface area contributed by atoms with Crippen molar-refractivity contribution in [3.8, 4) is 0 Å². The molecule has 13 heavy (non-hydrogen) atoms. The van der Waals surface area contributed by atoms with Gasteiger partial charge in [0.2, 0.25) is 0 Å². The molecule has 1 aromatic heterocycles. The lowest BCUT2D eigenvalue weighted by Gasteiger charge is -2.18. The Kier molecular flexibility index (Phi) is 4.93. The molecular weight excluding hydrogens is 182 g/mol. The summed E-state index contributed by atoms with van der Waals surface area (Å²) in [6.45, 7) is 7.61. The van der Waals surface area contributed by atoms with Crippen LogP contribution < -0.4 is 0 Å². The quantitative estimate of drug-likeness (QED) is 0.703. The van der Waals surface area contributed by atoms with E-state index in [2.05, 4.69) is 28.1 Å². The van der Waals surface area contributed by atoms with Crippen molar-refractivity contribution in [2.75, 3.05) is 13.1 Å². The van der Waals surface area contributed by atoms with Gasteiger partial charge in [-0.25, -0.2) is 4.98 Å². The average molecular weight is 199 g/mol. The SMILES string of the molecule is CCCN(CCC)Cc1ncsn1. The van der Waals surface area contributed by atoms with Gasteiger partial charge in [0.1, 0.15) is 5.51 Å². The Morgan fingerprint density at radius 3 is 2.46 bits per heavy atom. The summed E-state index contributed by atoms with van der Waals surface area (Å²) >= 11 is 1.43. The van der Waals surface area contributed by atoms with Crippen molar-refractivity contribution in [2.45, 2.75) is 33.2 Å². The van der Waals surface area contributed by atoms with E-state index in [-0.39, 0.29) is 0 Å². The lowest BCUT2D eigenvalue weighted by Crippen LogP contribution is -2.25. The van der Waals surface area contributed by atoms with E-state index in [0.29, 0.717) is 0 Å². The lowest BCUT2D eigenvalue weighted by molar-refractivity contribution is 0.261. The highest BCUT2D eigenvalue weighted by Crippen LogP contribution is 2.02. The average Bonchev–Trinajstić information content (AvgIpc) is 2.58. The van der Waals surface area contributed by atoms with E-state index < -0.39 is 0 Å². The summed E-state index contributed by atoms with van der Waals surface area (Å²) in [5.41, 5.74) is 1.80. The fourth-order valence-corrected chi connectivity index (χ4v) is 1.81. The van der Waals surface area contributed by atoms with Crippen LogP contribution in [0.4, 0.5) is 0 Å². The van der Waals surface area contributed by atoms with Crippen molar-refractivity contribution in [2.24, 2.45) is 0 Å². The largest absolute Gasteiger partial charge is 0.296 e. The first-order valence-electron chi connectivity index (χ1n) is 4.84. The topological polar surface area (TPSA) is 29.0 Å². The van der Waals surface area contributed by atoms with Gasteiger partial charge < -0.3 is 0 Å². The van der Waals surface area contributed by atoms with Crippen LogP contribution in [0.3, 0.4) is 0 Å². The molecule has 0 saturated heterocycles. The van der Waals surface area contributed by atoms with Gasteiger partial charge in [-0.15, -0.1) is 0 Å². The number of aromatic nitrogens is 2. The number of hydrogen-bond acceptors (Lipinski definition) is 4. The van der Waals surface area contributed by atoms with Gasteiger partial charge in [0, 0.05) is 0 Å². The zero-order valence-corrected chi connectivity index (χ0v) is 9.18. The molecule has 4 heteroatoms. The minimum atomic E-state index is 0.908. The van der Waals surface area contributed by atoms with Gasteiger partial charge in [-0.1, -0.05) is 13.8 Å². The molecule has 0 N–H and O–H groups in total. The van der Waals surface area contributed by atoms with Crippen LogP contribution in [-0.2, 0) is 6.54 Å². The van der Waals surface area contributed by atoms with E-state index in [9.17, 15) is 0 Å². The first-order valence-corrected chi connectivity index (χ1v) is 5.68. The molecule has 1 rings (SSSR count). The predicted molar refractivity (Wildman–Crippen MR) is 55.8 cm³/mol. The van der Waals surface area contributed by atoms with Crippen molar-refractivity contribution < 1.29 is 0 Å². The Balaban J connectivity index is 2.37. The molecule has 0 aliphatic carbocycles. The smallest absolute Gasteiger partial charge is 0.156 e. The van der Waals surface area contributed by atoms with Crippen LogP contribution in [0.15, 0.2) is 5.51 Å². The molecule has 0 bridgehead atoms. The van der Waals surface area contributed by atoms with E-state index >= 15 is 0 Å². The van der Waals surface area contributed by atoms with Gasteiger partial charge in [-0.3, -0.25) is 4.90 Å². The Morgan fingerprint density at radius 1 is 1.31 bits per heavy atom. The molecule has 0 aromatic carbocycles. The standard InChI is InChI=1S/C9H17N3S/c1-3-5-12(6-4-2)7-9-10-8-13-11-9/h8H,3-7H2,1-2H3. The van der Waals surface area contributed by atoms with Gasteiger partial charge in [-0.05, 0) is 37.5 Å². The molecule has 1 aromatic rings. The first-order chi connectivity index (χ1) is 6.36. The molecule has 0 unspecified atom stereocenters. The van der Waals surface area contributed by atoms with Crippen molar-refractivity contribution in [3.63, 3.8) is 0 Å². The van der Waals surface area contributed by atoms with Crippen molar-refractivity contribution in [1.29, 1.82) is 0 Å². The van der Waals surface area contributed by atoms with Crippen LogP contribution in [-0.4, -0.2) is 27.3 Å². The lowest BCUT2D eigenvalue weighted by atomic mass is 10.3. The molecule has 0 fully saturated rings. The summed E-state index contributed by atoms with van der Waals surface area (Å²) in [6.07, 6.45) is 2.40. The maximum Gasteiger partial charge on any atom is 0.156 e. The molecule has 0 aliphatic heterocycles. The van der Waals surface area contributed by atoms with E-state index in [1.807, 2.05) is 0 Å². The second kappa shape index (κ2) is 6.05. The van der Waals surface area contributed by atoms with Crippen molar-refractivity contribution >= 4 is 11.5 Å². The van der Waals surface area contributed by atoms with Gasteiger partial charge in [-0.2, -0.15) is 4.37 Å². The third-order valence-corrected chi connectivity index (χ3v) is 2.37. The Bertz CT molecular complexity index is 205. The highest BCUT2D eigenvalue weighted by Gasteiger charge is 2.05. The van der Waals surface area contributed by atoms with Gasteiger partial charge in [0.05, 0.1) is 6.54 Å². The second-order valence-corrected chi connectivity index (χ2v) is 3.73. The summed E-state index contributed by atoms with van der Waals surface area (Å²) in [5, 5.41) is 0. The number of hydrogen-bond donors (Lipinski definition) is 0. The summed E-state index contributed by atoms with van der Waals surface area (Å²) in [6, 6.07) is 0. The van der Waals surface area contributed by atoms with Crippen LogP contribution in [0, 0.1) is 0 Å². The zero-order valence-electron chi connectivity index (χ0n) is 8.36. The molecular formula is C9H17N3S. The second-order valence-electron chi connectivity index (χ2n) is 3.12. The normalized spacial score (nSPS) is 11.0. The molecule has 1 heterocycles. The van der Waals surface area contributed by atoms with Crippen molar-refractivity contribution in [1.82, 2.24) is 14.3 Å². The molecule has 74 valence electrons. The first kappa shape index (κ1) is 10.6. The van der Waals surface area contributed by atoms with Gasteiger partial charge in [0.25, 0.3) is 0 Å². The molecule has 0 amide bonds. The van der Waals surface area contributed by atoms with E-state index in [1.54, 1.807) is 5.51 Å². The van der Waals surface area contributed by atoms with Gasteiger partial charge >= 0.3 is 0 Å². The Hall–Kier alpha value is -0.480. The molecule has 0 saturated carbocycles. The minimum absolute atomic E-state index is 0.908. The zero-order chi connectivity index (χ0) is 9.52. The van der Waals surface area contributed by atoms with E-state index in [0.717, 1.165) is 25.5 Å². The maximum absolute atomic E-state index is 4.21. The van der Waals surface area contributed by atoms with Crippen LogP contribution in [0.5, 0.6) is 0 Å². The summed E-state index contributed by atoms with van der Waals surface area (Å²) in [4.78, 5) is 6.59. The third-order valence-electron chi connectivity index (χ3n) is 1.85. The minimum Gasteiger partial charge on any atom is -0.296 e. The van der Waals surface area contributed by atoms with Crippen LogP contribution >= 0.6 is 11.5 Å². The summed E-state index contributed by atoms with van der Waals surface area (Å²) in [5.74, 6) is 0.965. The van der Waals surface area contributed by atoms with E-state index in [1.165, 1.54) is 24.4 Å². The molecule has 3 nitrogen and oxygen atoms in total. The molecule has 0 atom stereocenters. The molecule has 0 aliphatic rings. The molecule has 0 radical (unpaired) electrons. The van der Waals surface area contributed by atoms with E-state index in [4.69, 9.17) is 0 Å². The summed E-state index contributed by atoms with van der Waals surface area (Å²) < 4.78 is 4.21. The Morgan fingerprint density at radius 2 is 2.00 bits per heavy atom. The third kappa shape index (κ3) is 3.83. The van der Waals surface area contributed by atoms with Gasteiger partial charge in [0.15, 0.2) is 5.82 Å². The summed E-state index contributed by atoms with van der Waals surface area (Å²) in [7, 11) is 0. The van der Waals surface area contributed by atoms with Crippen LogP contribution in [0.2, 0.25) is 0 Å². The predicted octanol–water partition coefficient (Wildman–Crippen LogP) is 2.16. The highest BCUT2D eigenvalue weighted by atomic mass is 32.1. The maximum atomic E-state index is 4.21. The number of nitrogens with zero attached hydrogens (tertiary/aromatic N) is 3. The highest BCUT2D eigenvalue weighted by molar-refractivity contribution is 7.03. The molecule has 0 spiro atoms. The number of rotatable bonds is 6. The van der Waals surface area contributed by atoms with Crippen molar-refractivity contribution in [3.05, 3.63) is 11.3 Å². The fraction of sp³-hybridized carbons (Fsp3) is 0.778. The fourth-order valence-electron chi connectivity index (χ4n) is 1.36. The van der Waals surface area contributed by atoms with Crippen LogP contribution in [0.1, 0.15) is 32.5 Å².